The van der Waals surface area contributed by atoms with Gasteiger partial charge in [-0.15, -0.1) is 0 Å². The van der Waals surface area contributed by atoms with Crippen molar-refractivity contribution in [1.82, 2.24) is 9.38 Å². The van der Waals surface area contributed by atoms with Crippen molar-refractivity contribution in [3.05, 3.63) is 35.9 Å². The lowest BCUT2D eigenvalue weighted by atomic mass is 10.1. The van der Waals surface area contributed by atoms with Crippen LogP contribution in [-0.4, -0.2) is 35.6 Å². The molecule has 1 atom stereocenters. The van der Waals surface area contributed by atoms with Crippen molar-refractivity contribution in [2.24, 2.45) is 5.92 Å². The van der Waals surface area contributed by atoms with Crippen LogP contribution in [0.4, 0.5) is 0 Å². The minimum absolute atomic E-state index is 0.107. The van der Waals surface area contributed by atoms with Gasteiger partial charge in [0.05, 0.1) is 28.9 Å². The Kier molecular flexibility index (Phi) is 2.89. The van der Waals surface area contributed by atoms with E-state index in [9.17, 15) is 13.2 Å². The largest absolute Gasteiger partial charge is 0.296 e. The van der Waals surface area contributed by atoms with Gasteiger partial charge in [0, 0.05) is 6.42 Å². The molecule has 0 N–H and O–H groups in total. The first kappa shape index (κ1) is 12.3. The molecule has 2 aromatic heterocycles. The van der Waals surface area contributed by atoms with Crippen LogP contribution >= 0.6 is 0 Å². The van der Waals surface area contributed by atoms with Crippen LogP contribution in [0.15, 0.2) is 24.4 Å². The molecule has 1 aliphatic rings. The second kappa shape index (κ2) is 4.45. The van der Waals surface area contributed by atoms with Gasteiger partial charge in [-0.2, -0.15) is 0 Å². The third-order valence-corrected chi connectivity index (χ3v) is 5.41. The summed E-state index contributed by atoms with van der Waals surface area (Å²) in [7, 11) is -2.87. The van der Waals surface area contributed by atoms with E-state index in [2.05, 4.69) is 4.98 Å². The number of hydrogen-bond acceptors (Lipinski definition) is 4. The van der Waals surface area contributed by atoms with E-state index in [1.807, 2.05) is 12.1 Å². The van der Waals surface area contributed by atoms with Crippen LogP contribution in [0.1, 0.15) is 22.7 Å². The molecule has 1 saturated heterocycles. The third kappa shape index (κ3) is 2.28. The number of aromatic nitrogens is 2. The predicted molar refractivity (Wildman–Crippen MR) is 71.0 cm³/mol. The van der Waals surface area contributed by atoms with Crippen molar-refractivity contribution in [1.29, 1.82) is 0 Å². The maximum Gasteiger partial charge on any atom is 0.166 e. The van der Waals surface area contributed by atoms with Gasteiger partial charge in [0.15, 0.2) is 16.1 Å². The van der Waals surface area contributed by atoms with E-state index in [1.165, 1.54) is 0 Å². The van der Waals surface area contributed by atoms with E-state index < -0.39 is 9.84 Å². The summed E-state index contributed by atoms with van der Waals surface area (Å²) in [5, 5.41) is 0. The van der Waals surface area contributed by atoms with Gasteiger partial charge in [-0.3, -0.25) is 9.20 Å². The molecule has 0 amide bonds. The van der Waals surface area contributed by atoms with E-state index in [1.54, 1.807) is 16.7 Å². The predicted octanol–water partition coefficient (Wildman–Crippen LogP) is 1.12. The molecule has 3 heterocycles. The molecule has 0 saturated carbocycles. The van der Waals surface area contributed by atoms with Gasteiger partial charge in [0.2, 0.25) is 0 Å². The van der Waals surface area contributed by atoms with Crippen molar-refractivity contribution in [2.45, 2.75) is 12.8 Å². The molecule has 2 aromatic rings. The summed E-state index contributed by atoms with van der Waals surface area (Å²) in [6.45, 7) is 0. The average Bonchev–Trinajstić information content (AvgIpc) is 2.93. The zero-order valence-corrected chi connectivity index (χ0v) is 11.1. The summed E-state index contributed by atoms with van der Waals surface area (Å²) >= 11 is 0. The molecule has 0 radical (unpaired) electrons. The number of aldehydes is 1. The molecule has 0 aromatic carbocycles. The van der Waals surface area contributed by atoms with E-state index in [4.69, 9.17) is 0 Å². The number of hydrogen-bond donors (Lipinski definition) is 0. The smallest absolute Gasteiger partial charge is 0.166 e. The summed E-state index contributed by atoms with van der Waals surface area (Å²) in [4.78, 5) is 15.4. The highest BCUT2D eigenvalue weighted by Gasteiger charge is 2.29. The molecule has 100 valence electrons. The first-order valence-corrected chi connectivity index (χ1v) is 8.02. The SMILES string of the molecule is O=Cc1cccc2cnc(CC3CCS(=O)(=O)C3)n12. The quantitative estimate of drug-likeness (QED) is 0.789. The van der Waals surface area contributed by atoms with Crippen LogP contribution in [0.3, 0.4) is 0 Å². The lowest BCUT2D eigenvalue weighted by Gasteiger charge is -2.08. The molecular weight excluding hydrogens is 264 g/mol. The Balaban J connectivity index is 1.96. The molecule has 3 rings (SSSR count). The van der Waals surface area contributed by atoms with Crippen molar-refractivity contribution in [3.63, 3.8) is 0 Å². The Hall–Kier alpha value is -1.69. The molecule has 5 nitrogen and oxygen atoms in total. The summed E-state index contributed by atoms with van der Waals surface area (Å²) < 4.78 is 24.7. The van der Waals surface area contributed by atoms with Crippen LogP contribution in [0.5, 0.6) is 0 Å². The van der Waals surface area contributed by atoms with E-state index in [0.29, 0.717) is 18.5 Å². The normalized spacial score (nSPS) is 21.8. The minimum atomic E-state index is -2.87. The summed E-state index contributed by atoms with van der Waals surface area (Å²) in [6.07, 6.45) is 3.79. The van der Waals surface area contributed by atoms with Crippen molar-refractivity contribution in [2.75, 3.05) is 11.5 Å². The number of rotatable bonds is 3. The number of pyridine rings is 1. The standard InChI is InChI=1S/C13H14N2O3S/c16-8-12-3-1-2-11-7-14-13(15(11)12)6-10-4-5-19(17,18)9-10/h1-3,7-8,10H,4-6,9H2. The van der Waals surface area contributed by atoms with E-state index in [-0.39, 0.29) is 17.4 Å². The monoisotopic (exact) mass is 278 g/mol. The maximum atomic E-state index is 11.5. The lowest BCUT2D eigenvalue weighted by molar-refractivity contribution is 0.111. The number of carbonyl (C=O) groups is 1. The Morgan fingerprint density at radius 3 is 2.95 bits per heavy atom. The summed E-state index contributed by atoms with van der Waals surface area (Å²) in [5.41, 5.74) is 1.41. The first-order chi connectivity index (χ1) is 9.09. The number of imidazole rings is 1. The summed E-state index contributed by atoms with van der Waals surface area (Å²) in [5.74, 6) is 1.36. The zero-order valence-electron chi connectivity index (χ0n) is 10.3. The Bertz CT molecular complexity index is 733. The van der Waals surface area contributed by atoms with Crippen LogP contribution in [-0.2, 0) is 16.3 Å². The molecule has 0 bridgehead atoms. The maximum absolute atomic E-state index is 11.5. The number of carbonyl (C=O) groups excluding carboxylic acids is 1. The lowest BCUT2D eigenvalue weighted by Crippen LogP contribution is -2.11. The fourth-order valence-electron chi connectivity index (χ4n) is 2.67. The highest BCUT2D eigenvalue weighted by molar-refractivity contribution is 7.91. The molecule has 6 heteroatoms. The third-order valence-electron chi connectivity index (χ3n) is 3.57. The highest BCUT2D eigenvalue weighted by atomic mass is 32.2. The summed E-state index contributed by atoms with van der Waals surface area (Å²) in [6, 6.07) is 5.43. The van der Waals surface area contributed by atoms with Gasteiger partial charge in [0.25, 0.3) is 0 Å². The molecule has 1 aliphatic heterocycles. The van der Waals surface area contributed by atoms with Crippen LogP contribution < -0.4 is 0 Å². The molecular formula is C13H14N2O3S. The first-order valence-electron chi connectivity index (χ1n) is 6.20. The fourth-order valence-corrected chi connectivity index (χ4v) is 4.53. The molecule has 0 aliphatic carbocycles. The second-order valence-electron chi connectivity index (χ2n) is 4.98. The zero-order chi connectivity index (χ0) is 13.5. The van der Waals surface area contributed by atoms with Gasteiger partial charge in [-0.25, -0.2) is 13.4 Å². The average molecular weight is 278 g/mol. The van der Waals surface area contributed by atoms with Gasteiger partial charge < -0.3 is 0 Å². The topological polar surface area (TPSA) is 68.5 Å². The van der Waals surface area contributed by atoms with Gasteiger partial charge in [0.1, 0.15) is 5.82 Å². The van der Waals surface area contributed by atoms with Gasteiger partial charge >= 0.3 is 0 Å². The fraction of sp³-hybridized carbons (Fsp3) is 0.385. The Morgan fingerprint density at radius 2 is 2.26 bits per heavy atom. The molecule has 0 spiro atoms. The van der Waals surface area contributed by atoms with Crippen LogP contribution in [0, 0.1) is 5.92 Å². The number of nitrogens with zero attached hydrogens (tertiary/aromatic N) is 2. The van der Waals surface area contributed by atoms with E-state index in [0.717, 1.165) is 17.6 Å². The number of sulfone groups is 1. The highest BCUT2D eigenvalue weighted by Crippen LogP contribution is 2.23. The van der Waals surface area contributed by atoms with Crippen molar-refractivity contribution >= 4 is 21.6 Å². The van der Waals surface area contributed by atoms with Crippen molar-refractivity contribution in [3.8, 4) is 0 Å². The van der Waals surface area contributed by atoms with Crippen molar-refractivity contribution < 1.29 is 13.2 Å². The number of fused-ring (bicyclic) bond motifs is 1. The minimum Gasteiger partial charge on any atom is -0.296 e. The van der Waals surface area contributed by atoms with Gasteiger partial charge in [-0.1, -0.05) is 6.07 Å². The van der Waals surface area contributed by atoms with Crippen LogP contribution in [0.2, 0.25) is 0 Å². The van der Waals surface area contributed by atoms with Crippen LogP contribution in [0.25, 0.3) is 5.52 Å². The van der Waals surface area contributed by atoms with E-state index >= 15 is 0 Å². The Labute approximate surface area is 111 Å². The molecule has 1 unspecified atom stereocenters. The second-order valence-corrected chi connectivity index (χ2v) is 7.21. The molecule has 19 heavy (non-hydrogen) atoms. The molecule has 1 fully saturated rings. The Morgan fingerprint density at radius 1 is 1.42 bits per heavy atom. The van der Waals surface area contributed by atoms with Gasteiger partial charge in [-0.05, 0) is 24.5 Å².